The number of likely N-dealkylation sites (tertiary alicyclic amines) is 1. The van der Waals surface area contributed by atoms with Crippen molar-refractivity contribution in [2.24, 2.45) is 11.8 Å². The summed E-state index contributed by atoms with van der Waals surface area (Å²) in [6, 6.07) is 6.02. The van der Waals surface area contributed by atoms with Crippen molar-refractivity contribution in [1.82, 2.24) is 9.80 Å². The highest BCUT2D eigenvalue weighted by Crippen LogP contribution is 2.34. The maximum absolute atomic E-state index is 13.3. The molecule has 1 saturated carbocycles. The molecular formula is C22H32N2O4. The van der Waals surface area contributed by atoms with Crippen molar-refractivity contribution in [2.75, 3.05) is 27.3 Å². The summed E-state index contributed by atoms with van der Waals surface area (Å²) in [6.45, 7) is 5.74. The molecular weight excluding hydrogens is 356 g/mol. The van der Waals surface area contributed by atoms with E-state index in [9.17, 15) is 9.59 Å². The van der Waals surface area contributed by atoms with Crippen molar-refractivity contribution in [3.63, 3.8) is 0 Å². The minimum absolute atomic E-state index is 0.00610. The Bertz CT molecular complexity index is 706. The van der Waals surface area contributed by atoms with Crippen molar-refractivity contribution in [2.45, 2.75) is 52.1 Å². The van der Waals surface area contributed by atoms with Crippen LogP contribution in [0.4, 0.5) is 0 Å². The molecule has 0 bridgehead atoms. The summed E-state index contributed by atoms with van der Waals surface area (Å²) in [7, 11) is 3.29. The van der Waals surface area contributed by atoms with E-state index in [-0.39, 0.29) is 23.7 Å². The predicted molar refractivity (Wildman–Crippen MR) is 107 cm³/mol. The van der Waals surface area contributed by atoms with Gasteiger partial charge in [-0.05, 0) is 43.9 Å². The quantitative estimate of drug-likeness (QED) is 0.720. The molecule has 0 unspecified atom stereocenters. The number of carbonyl (C=O) groups is 2. The number of amides is 2. The summed E-state index contributed by atoms with van der Waals surface area (Å²) < 4.78 is 10.8. The van der Waals surface area contributed by atoms with Gasteiger partial charge < -0.3 is 19.3 Å². The molecule has 1 aliphatic heterocycles. The second-order valence-corrected chi connectivity index (χ2v) is 8.13. The van der Waals surface area contributed by atoms with Crippen molar-refractivity contribution in [1.29, 1.82) is 0 Å². The number of benzene rings is 1. The number of carbonyl (C=O) groups excluding carboxylic acids is 2. The molecule has 6 heteroatoms. The third kappa shape index (κ3) is 4.59. The first-order valence-corrected chi connectivity index (χ1v) is 10.2. The fraction of sp³-hybridized carbons (Fsp3) is 0.636. The topological polar surface area (TPSA) is 59.1 Å². The van der Waals surface area contributed by atoms with Gasteiger partial charge in [0.25, 0.3) is 0 Å². The number of piperidine rings is 1. The van der Waals surface area contributed by atoms with Crippen LogP contribution in [0, 0.1) is 11.8 Å². The summed E-state index contributed by atoms with van der Waals surface area (Å²) >= 11 is 0. The number of nitrogens with zero attached hydrogens (tertiary/aromatic N) is 2. The maximum Gasteiger partial charge on any atom is 0.226 e. The van der Waals surface area contributed by atoms with Gasteiger partial charge in [0.2, 0.25) is 11.8 Å². The Labute approximate surface area is 167 Å². The van der Waals surface area contributed by atoms with Gasteiger partial charge in [0.05, 0.1) is 14.2 Å². The first kappa shape index (κ1) is 20.5. The van der Waals surface area contributed by atoms with Crippen LogP contribution in [-0.2, 0) is 16.1 Å². The molecule has 1 aromatic carbocycles. The Morgan fingerprint density at radius 1 is 1.11 bits per heavy atom. The molecule has 6 nitrogen and oxygen atoms in total. The normalized spacial score (nSPS) is 17.5. The van der Waals surface area contributed by atoms with Gasteiger partial charge in [0.1, 0.15) is 11.5 Å². The lowest BCUT2D eigenvalue weighted by molar-refractivity contribution is -0.142. The Hall–Kier alpha value is -2.24. The standard InChI is InChI=1S/C22H32N2O4/c1-15(2)21(25)23-11-9-16(10-12-23)22(26)24(18-5-6-18)14-17-13-19(27-3)7-8-20(17)28-4/h7-8,13,15-16,18H,5-6,9-12,14H2,1-4H3. The number of hydrogen-bond donors (Lipinski definition) is 0. The fourth-order valence-electron chi connectivity index (χ4n) is 3.91. The van der Waals surface area contributed by atoms with Crippen molar-refractivity contribution >= 4 is 11.8 Å². The molecule has 2 amide bonds. The van der Waals surface area contributed by atoms with Gasteiger partial charge in [-0.15, -0.1) is 0 Å². The van der Waals surface area contributed by atoms with Crippen molar-refractivity contribution in [3.05, 3.63) is 23.8 Å². The van der Waals surface area contributed by atoms with Gasteiger partial charge in [0.15, 0.2) is 0 Å². The molecule has 3 rings (SSSR count). The summed E-state index contributed by atoms with van der Waals surface area (Å²) in [5.41, 5.74) is 0.967. The molecule has 0 atom stereocenters. The SMILES string of the molecule is COc1ccc(OC)c(CN(C(=O)C2CCN(C(=O)C(C)C)CC2)C2CC2)c1. The van der Waals surface area contributed by atoms with E-state index in [1.807, 2.05) is 41.8 Å². The van der Waals surface area contributed by atoms with Crippen molar-refractivity contribution < 1.29 is 19.1 Å². The molecule has 1 aliphatic carbocycles. The number of ether oxygens (including phenoxy) is 2. The molecule has 2 aliphatic rings. The lowest BCUT2D eigenvalue weighted by Crippen LogP contribution is -2.45. The maximum atomic E-state index is 13.3. The molecule has 1 heterocycles. The molecule has 0 aromatic heterocycles. The van der Waals surface area contributed by atoms with Crippen LogP contribution in [0.15, 0.2) is 18.2 Å². The lowest BCUT2D eigenvalue weighted by atomic mass is 9.94. The molecule has 28 heavy (non-hydrogen) atoms. The van der Waals surface area contributed by atoms with Gasteiger partial charge in [-0.25, -0.2) is 0 Å². The Kier molecular flexibility index (Phi) is 6.47. The van der Waals surface area contributed by atoms with Gasteiger partial charge >= 0.3 is 0 Å². The van der Waals surface area contributed by atoms with Crippen LogP contribution >= 0.6 is 0 Å². The zero-order valence-corrected chi connectivity index (χ0v) is 17.4. The van der Waals surface area contributed by atoms with E-state index < -0.39 is 0 Å². The molecule has 1 aromatic rings. The lowest BCUT2D eigenvalue weighted by Gasteiger charge is -2.35. The van der Waals surface area contributed by atoms with Crippen LogP contribution in [0.1, 0.15) is 45.1 Å². The van der Waals surface area contributed by atoms with E-state index in [4.69, 9.17) is 9.47 Å². The number of methoxy groups -OCH3 is 2. The monoisotopic (exact) mass is 388 g/mol. The van der Waals surface area contributed by atoms with Crippen LogP contribution in [-0.4, -0.2) is 55.0 Å². The number of rotatable bonds is 7. The molecule has 1 saturated heterocycles. The van der Waals surface area contributed by atoms with Gasteiger partial charge in [-0.2, -0.15) is 0 Å². The average Bonchev–Trinajstić information content (AvgIpc) is 3.56. The summed E-state index contributed by atoms with van der Waals surface area (Å²) in [6.07, 6.45) is 3.61. The van der Waals surface area contributed by atoms with Crippen LogP contribution in [0.3, 0.4) is 0 Å². The average molecular weight is 389 g/mol. The van der Waals surface area contributed by atoms with Crippen LogP contribution < -0.4 is 9.47 Å². The van der Waals surface area contributed by atoms with E-state index in [0.29, 0.717) is 25.7 Å². The van der Waals surface area contributed by atoms with Crippen molar-refractivity contribution in [3.8, 4) is 11.5 Å². The minimum atomic E-state index is -0.00610. The van der Waals surface area contributed by atoms with Crippen LogP contribution in [0.2, 0.25) is 0 Å². The zero-order valence-electron chi connectivity index (χ0n) is 17.4. The van der Waals surface area contributed by atoms with Gasteiger partial charge in [-0.1, -0.05) is 13.8 Å². The Morgan fingerprint density at radius 3 is 2.32 bits per heavy atom. The third-order valence-corrected chi connectivity index (χ3v) is 5.75. The highest BCUT2D eigenvalue weighted by molar-refractivity contribution is 5.81. The second kappa shape index (κ2) is 8.84. The minimum Gasteiger partial charge on any atom is -0.497 e. The highest BCUT2D eigenvalue weighted by Gasteiger charge is 2.38. The fourth-order valence-corrected chi connectivity index (χ4v) is 3.91. The molecule has 0 spiro atoms. The van der Waals surface area contributed by atoms with Gasteiger partial charge in [0, 0.05) is 43.1 Å². The van der Waals surface area contributed by atoms with E-state index in [1.165, 1.54) is 0 Å². The molecule has 0 radical (unpaired) electrons. The predicted octanol–water partition coefficient (Wildman–Crippen LogP) is 3.09. The van der Waals surface area contributed by atoms with E-state index in [0.717, 1.165) is 42.7 Å². The largest absolute Gasteiger partial charge is 0.497 e. The molecule has 0 N–H and O–H groups in total. The van der Waals surface area contributed by atoms with Crippen LogP contribution in [0.25, 0.3) is 0 Å². The second-order valence-electron chi connectivity index (χ2n) is 8.13. The Balaban J connectivity index is 1.68. The highest BCUT2D eigenvalue weighted by atomic mass is 16.5. The summed E-state index contributed by atoms with van der Waals surface area (Å²) in [5.74, 6) is 1.94. The smallest absolute Gasteiger partial charge is 0.226 e. The first-order valence-electron chi connectivity index (χ1n) is 10.2. The summed E-state index contributed by atoms with van der Waals surface area (Å²) in [5, 5.41) is 0. The van der Waals surface area contributed by atoms with Crippen LogP contribution in [0.5, 0.6) is 11.5 Å². The third-order valence-electron chi connectivity index (χ3n) is 5.75. The zero-order chi connectivity index (χ0) is 20.3. The summed E-state index contributed by atoms with van der Waals surface area (Å²) in [4.78, 5) is 29.4. The van der Waals surface area contributed by atoms with E-state index in [1.54, 1.807) is 14.2 Å². The number of hydrogen-bond acceptors (Lipinski definition) is 4. The van der Waals surface area contributed by atoms with E-state index in [2.05, 4.69) is 0 Å². The Morgan fingerprint density at radius 2 is 1.79 bits per heavy atom. The first-order chi connectivity index (χ1) is 13.4. The molecule has 154 valence electrons. The van der Waals surface area contributed by atoms with E-state index >= 15 is 0 Å². The van der Waals surface area contributed by atoms with Gasteiger partial charge in [-0.3, -0.25) is 9.59 Å². The molecule has 2 fully saturated rings.